The Hall–Kier alpha value is -0.930. The fraction of sp³-hybridized carbons (Fsp3) is 0.182. The maximum absolute atomic E-state index is 5.24. The predicted octanol–water partition coefficient (Wildman–Crippen LogP) is 3.79. The van der Waals surface area contributed by atoms with Gasteiger partial charge in [0.1, 0.15) is 0 Å². The second-order valence-corrected chi connectivity index (χ2v) is 5.05. The Bertz CT molecular complexity index is 494. The molecule has 1 nitrogen and oxygen atoms in total. The fourth-order valence-electron chi connectivity index (χ4n) is 1.57. The second-order valence-electron chi connectivity index (χ2n) is 3.20. The van der Waals surface area contributed by atoms with Gasteiger partial charge in [0.05, 0.1) is 5.69 Å². The van der Waals surface area contributed by atoms with E-state index in [-0.39, 0.29) is 0 Å². The Morgan fingerprint density at radius 2 is 1.86 bits per heavy atom. The van der Waals surface area contributed by atoms with Gasteiger partial charge in [-0.2, -0.15) is 0 Å². The zero-order valence-corrected chi connectivity index (χ0v) is 9.78. The molecule has 0 bridgehead atoms. The van der Waals surface area contributed by atoms with Crippen LogP contribution in [0.4, 0.5) is 0 Å². The summed E-state index contributed by atoms with van der Waals surface area (Å²) in [6, 6.07) is 10.4. The van der Waals surface area contributed by atoms with Crippen LogP contribution in [0.3, 0.4) is 0 Å². The van der Waals surface area contributed by atoms with Gasteiger partial charge >= 0.3 is 0 Å². The monoisotopic (exact) mass is 221 g/mol. The van der Waals surface area contributed by atoms with Crippen molar-refractivity contribution in [1.29, 1.82) is 0 Å². The lowest BCUT2D eigenvalue weighted by atomic mass is 10.1. The molecule has 0 aliphatic heterocycles. The SMILES string of the molecule is Cc1sc(=S)n(C)c1-c1ccccc1. The summed E-state index contributed by atoms with van der Waals surface area (Å²) in [4.78, 5) is 1.28. The molecule has 2 rings (SSSR count). The van der Waals surface area contributed by atoms with Crippen molar-refractivity contribution >= 4 is 23.6 Å². The summed E-state index contributed by atoms with van der Waals surface area (Å²) in [7, 11) is 2.02. The van der Waals surface area contributed by atoms with Crippen LogP contribution in [0, 0.1) is 10.9 Å². The van der Waals surface area contributed by atoms with Gasteiger partial charge in [0.2, 0.25) is 0 Å². The molecule has 72 valence electrons. The second kappa shape index (κ2) is 3.67. The average molecular weight is 221 g/mol. The summed E-state index contributed by atoms with van der Waals surface area (Å²) in [5.74, 6) is 0. The number of benzene rings is 1. The average Bonchev–Trinajstić information content (AvgIpc) is 2.43. The Morgan fingerprint density at radius 3 is 2.36 bits per heavy atom. The maximum Gasteiger partial charge on any atom is 0.161 e. The molecule has 0 fully saturated rings. The largest absolute Gasteiger partial charge is 0.326 e. The summed E-state index contributed by atoms with van der Waals surface area (Å²) in [5.41, 5.74) is 2.47. The van der Waals surface area contributed by atoms with E-state index < -0.39 is 0 Å². The van der Waals surface area contributed by atoms with Gasteiger partial charge in [-0.3, -0.25) is 0 Å². The summed E-state index contributed by atoms with van der Waals surface area (Å²) in [6.07, 6.45) is 0. The van der Waals surface area contributed by atoms with Gasteiger partial charge in [-0.05, 0) is 24.7 Å². The molecule has 0 aliphatic rings. The van der Waals surface area contributed by atoms with Gasteiger partial charge in [0.25, 0.3) is 0 Å². The van der Waals surface area contributed by atoms with Crippen LogP contribution in [-0.2, 0) is 7.05 Å². The molecule has 0 atom stereocenters. The first-order valence-electron chi connectivity index (χ1n) is 4.42. The molecule has 14 heavy (non-hydrogen) atoms. The van der Waals surface area contributed by atoms with Crippen LogP contribution in [-0.4, -0.2) is 4.57 Å². The normalized spacial score (nSPS) is 10.4. The van der Waals surface area contributed by atoms with Crippen molar-refractivity contribution in [2.75, 3.05) is 0 Å². The van der Waals surface area contributed by atoms with Crippen LogP contribution in [0.1, 0.15) is 4.88 Å². The van der Waals surface area contributed by atoms with Crippen LogP contribution >= 0.6 is 23.6 Å². The summed E-state index contributed by atoms with van der Waals surface area (Å²) in [6.45, 7) is 2.11. The maximum atomic E-state index is 5.24. The number of aromatic nitrogens is 1. The van der Waals surface area contributed by atoms with Crippen molar-refractivity contribution < 1.29 is 0 Å². The molecule has 0 aliphatic carbocycles. The van der Waals surface area contributed by atoms with Gasteiger partial charge in [-0.1, -0.05) is 30.3 Å². The highest BCUT2D eigenvalue weighted by Crippen LogP contribution is 2.27. The smallest absolute Gasteiger partial charge is 0.161 e. The summed E-state index contributed by atoms with van der Waals surface area (Å²) < 4.78 is 3.01. The molecule has 0 N–H and O–H groups in total. The minimum atomic E-state index is 0.932. The fourth-order valence-corrected chi connectivity index (χ4v) is 2.88. The van der Waals surface area contributed by atoms with E-state index in [4.69, 9.17) is 12.2 Å². The topological polar surface area (TPSA) is 4.93 Å². The summed E-state index contributed by atoms with van der Waals surface area (Å²) >= 11 is 6.91. The van der Waals surface area contributed by atoms with Crippen molar-refractivity contribution in [3.63, 3.8) is 0 Å². The molecule has 0 amide bonds. The molecule has 0 radical (unpaired) electrons. The Labute approximate surface area is 92.6 Å². The first-order valence-corrected chi connectivity index (χ1v) is 5.64. The predicted molar refractivity (Wildman–Crippen MR) is 64.3 cm³/mol. The lowest BCUT2D eigenvalue weighted by Gasteiger charge is -2.03. The minimum Gasteiger partial charge on any atom is -0.326 e. The van der Waals surface area contributed by atoms with E-state index in [1.165, 1.54) is 16.1 Å². The number of aryl methyl sites for hydroxylation is 1. The van der Waals surface area contributed by atoms with Crippen LogP contribution in [0.15, 0.2) is 30.3 Å². The molecule has 0 spiro atoms. The highest BCUT2D eigenvalue weighted by atomic mass is 32.1. The van der Waals surface area contributed by atoms with E-state index in [2.05, 4.69) is 35.8 Å². The Kier molecular flexibility index (Phi) is 2.52. The Balaban J connectivity index is 2.69. The minimum absolute atomic E-state index is 0.932. The van der Waals surface area contributed by atoms with Gasteiger partial charge in [-0.15, -0.1) is 11.3 Å². The zero-order valence-electron chi connectivity index (χ0n) is 8.15. The molecule has 0 unspecified atom stereocenters. The van der Waals surface area contributed by atoms with Crippen molar-refractivity contribution in [1.82, 2.24) is 4.57 Å². The summed E-state index contributed by atoms with van der Waals surface area (Å²) in [5, 5.41) is 0. The van der Waals surface area contributed by atoms with Gasteiger partial charge in [0, 0.05) is 11.9 Å². The number of rotatable bonds is 1. The highest BCUT2D eigenvalue weighted by molar-refractivity contribution is 7.73. The molecule has 0 saturated carbocycles. The first-order chi connectivity index (χ1) is 6.70. The van der Waals surface area contributed by atoms with Crippen LogP contribution < -0.4 is 0 Å². The quantitative estimate of drug-likeness (QED) is 0.663. The van der Waals surface area contributed by atoms with Gasteiger partial charge in [-0.25, -0.2) is 0 Å². The standard InChI is InChI=1S/C11H11NS2/c1-8-10(12(2)11(13)14-8)9-6-4-3-5-7-9/h3-7H,1-2H3. The number of thiazole rings is 1. The van der Waals surface area contributed by atoms with Crippen molar-refractivity contribution in [2.24, 2.45) is 7.05 Å². The molecular weight excluding hydrogens is 210 g/mol. The first kappa shape index (κ1) is 9.62. The van der Waals surface area contributed by atoms with E-state index in [0.29, 0.717) is 0 Å². The van der Waals surface area contributed by atoms with Gasteiger partial charge in [0.15, 0.2) is 3.95 Å². The molecular formula is C11H11NS2. The molecule has 1 heterocycles. The van der Waals surface area contributed by atoms with Crippen LogP contribution in [0.5, 0.6) is 0 Å². The van der Waals surface area contributed by atoms with Crippen LogP contribution in [0.25, 0.3) is 11.3 Å². The van der Waals surface area contributed by atoms with E-state index >= 15 is 0 Å². The number of hydrogen-bond acceptors (Lipinski definition) is 2. The van der Waals surface area contributed by atoms with Crippen molar-refractivity contribution in [3.8, 4) is 11.3 Å². The van der Waals surface area contributed by atoms with Crippen molar-refractivity contribution in [2.45, 2.75) is 6.92 Å². The molecule has 0 saturated heterocycles. The zero-order chi connectivity index (χ0) is 10.1. The Morgan fingerprint density at radius 1 is 1.21 bits per heavy atom. The third kappa shape index (κ3) is 1.53. The molecule has 1 aromatic carbocycles. The van der Waals surface area contributed by atoms with E-state index in [0.717, 1.165) is 3.95 Å². The van der Waals surface area contributed by atoms with Crippen LogP contribution in [0.2, 0.25) is 0 Å². The molecule has 3 heteroatoms. The van der Waals surface area contributed by atoms with Gasteiger partial charge < -0.3 is 4.57 Å². The molecule has 2 aromatic rings. The van der Waals surface area contributed by atoms with E-state index in [1.807, 2.05) is 13.1 Å². The molecule has 1 aromatic heterocycles. The van der Waals surface area contributed by atoms with Crippen molar-refractivity contribution in [3.05, 3.63) is 39.2 Å². The third-order valence-electron chi connectivity index (χ3n) is 2.23. The highest BCUT2D eigenvalue weighted by Gasteiger charge is 2.07. The number of nitrogens with zero attached hydrogens (tertiary/aromatic N) is 1. The third-order valence-corrected chi connectivity index (χ3v) is 3.70. The van der Waals surface area contributed by atoms with E-state index in [1.54, 1.807) is 11.3 Å². The lowest BCUT2D eigenvalue weighted by Crippen LogP contribution is -1.91. The van der Waals surface area contributed by atoms with E-state index in [9.17, 15) is 0 Å². The lowest BCUT2D eigenvalue weighted by molar-refractivity contribution is 0.925. The number of hydrogen-bond donors (Lipinski definition) is 0.